The summed E-state index contributed by atoms with van der Waals surface area (Å²) in [5.41, 5.74) is 0. The van der Waals surface area contributed by atoms with E-state index in [1.54, 1.807) is 0 Å². The first-order valence-electron chi connectivity index (χ1n) is 37.7. The second-order valence-electron chi connectivity index (χ2n) is 26.0. The molecule has 0 aromatic heterocycles. The fraction of sp³-hybridized carbons (Fsp3) is 0.896. The van der Waals surface area contributed by atoms with Gasteiger partial charge < -0.3 is 20.3 Å². The van der Waals surface area contributed by atoms with E-state index in [-0.39, 0.29) is 18.5 Å². The van der Waals surface area contributed by atoms with Gasteiger partial charge in [0.15, 0.2) is 0 Å². The highest BCUT2D eigenvalue weighted by Gasteiger charge is 2.20. The second-order valence-corrected chi connectivity index (χ2v) is 26.0. The number of unbranched alkanes of at least 4 members (excludes halogenated alkanes) is 54. The van der Waals surface area contributed by atoms with Crippen molar-refractivity contribution in [1.29, 1.82) is 0 Å². The van der Waals surface area contributed by atoms with Gasteiger partial charge in [-0.2, -0.15) is 0 Å². The fourth-order valence-corrected chi connectivity index (χ4v) is 11.9. The first-order valence-corrected chi connectivity index (χ1v) is 37.7. The molecule has 2 unspecified atom stereocenters. The third kappa shape index (κ3) is 69.1. The number of hydrogen-bond acceptors (Lipinski definition) is 5. The molecule has 0 radical (unpaired) electrons. The molecule has 0 aliphatic carbocycles. The summed E-state index contributed by atoms with van der Waals surface area (Å²) in [6.45, 7) is 4.98. The maximum atomic E-state index is 12.5. The minimum atomic E-state index is -0.663. The number of amides is 1. The Morgan fingerprint density at radius 1 is 0.337 bits per heavy atom. The standard InChI is InChI=1S/C77H147NO5/c1-3-5-7-9-11-13-15-17-19-20-36-40-43-47-51-55-59-63-67-71-77(82)83-72-68-64-60-56-52-48-44-41-38-35-33-31-29-27-25-23-21-22-24-26-28-30-32-34-37-39-42-46-50-54-58-62-66-70-76(81)78-74(73-79)75(80)69-65-61-57-53-49-45-18-16-14-12-10-8-6-4-2/h17,19,25,27,31,33,74-75,79-80H,3-16,18,20-24,26,28-30,32,34-73H2,1-2H3,(H,78,81)/b19-17-,27-25-,33-31-. The van der Waals surface area contributed by atoms with Gasteiger partial charge in [-0.25, -0.2) is 0 Å². The first-order chi connectivity index (χ1) is 41.0. The van der Waals surface area contributed by atoms with E-state index in [1.165, 1.54) is 340 Å². The molecular formula is C77H147NO5. The number of aliphatic hydroxyl groups excluding tert-OH is 2. The van der Waals surface area contributed by atoms with Crippen molar-refractivity contribution in [3.8, 4) is 0 Å². The van der Waals surface area contributed by atoms with Gasteiger partial charge in [0.2, 0.25) is 5.91 Å². The number of carbonyl (C=O) groups excluding carboxylic acids is 2. The summed E-state index contributed by atoms with van der Waals surface area (Å²) in [6, 6.07) is -0.540. The zero-order valence-corrected chi connectivity index (χ0v) is 56.2. The van der Waals surface area contributed by atoms with Gasteiger partial charge in [-0.05, 0) is 83.5 Å². The van der Waals surface area contributed by atoms with E-state index in [0.717, 1.165) is 44.9 Å². The molecule has 0 aromatic rings. The van der Waals surface area contributed by atoms with Crippen LogP contribution in [0.25, 0.3) is 0 Å². The largest absolute Gasteiger partial charge is 0.466 e. The SMILES string of the molecule is CCCCCCCC/C=C\CCCCCCCCCCCC(=O)OCCCCCCCCCCC/C=C\C/C=C\CCCCCCCCCCCCCCCCCCCC(=O)NC(CO)C(O)CCCCCCCCCCCCCCCC. The number of rotatable bonds is 71. The first kappa shape index (κ1) is 81.1. The Morgan fingerprint density at radius 3 is 0.928 bits per heavy atom. The van der Waals surface area contributed by atoms with Gasteiger partial charge in [-0.3, -0.25) is 9.59 Å². The molecule has 0 aliphatic rings. The number of hydrogen-bond donors (Lipinski definition) is 3. The van der Waals surface area contributed by atoms with Gasteiger partial charge in [-0.1, -0.05) is 359 Å². The van der Waals surface area contributed by atoms with Crippen LogP contribution in [0.4, 0.5) is 0 Å². The summed E-state index contributed by atoms with van der Waals surface area (Å²) in [7, 11) is 0. The van der Waals surface area contributed by atoms with Crippen molar-refractivity contribution in [3.63, 3.8) is 0 Å². The molecular weight excluding hydrogens is 1020 g/mol. The molecule has 0 saturated carbocycles. The Hall–Kier alpha value is -1.92. The Labute approximate surface area is 519 Å². The lowest BCUT2D eigenvalue weighted by Crippen LogP contribution is -2.45. The summed E-state index contributed by atoms with van der Waals surface area (Å²) in [5.74, 6) is -0.0163. The van der Waals surface area contributed by atoms with Gasteiger partial charge >= 0.3 is 5.97 Å². The van der Waals surface area contributed by atoms with E-state index in [9.17, 15) is 19.8 Å². The van der Waals surface area contributed by atoms with Crippen molar-refractivity contribution < 1.29 is 24.5 Å². The van der Waals surface area contributed by atoms with Crippen LogP contribution in [0.5, 0.6) is 0 Å². The molecule has 0 saturated heterocycles. The number of carbonyl (C=O) groups is 2. The van der Waals surface area contributed by atoms with Gasteiger partial charge in [0.25, 0.3) is 0 Å². The average Bonchev–Trinajstić information content (AvgIpc) is 3.49. The van der Waals surface area contributed by atoms with E-state index >= 15 is 0 Å². The molecule has 83 heavy (non-hydrogen) atoms. The van der Waals surface area contributed by atoms with E-state index in [1.807, 2.05) is 0 Å². The lowest BCUT2D eigenvalue weighted by molar-refractivity contribution is -0.143. The van der Waals surface area contributed by atoms with Crippen LogP contribution in [0.2, 0.25) is 0 Å². The van der Waals surface area contributed by atoms with Crippen molar-refractivity contribution in [2.45, 2.75) is 431 Å². The highest BCUT2D eigenvalue weighted by Crippen LogP contribution is 2.19. The summed E-state index contributed by atoms with van der Waals surface area (Å²) in [5, 5.41) is 23.3. The van der Waals surface area contributed by atoms with Crippen LogP contribution in [-0.2, 0) is 14.3 Å². The molecule has 0 aliphatic heterocycles. The van der Waals surface area contributed by atoms with Crippen molar-refractivity contribution in [1.82, 2.24) is 5.32 Å². The Morgan fingerprint density at radius 2 is 0.602 bits per heavy atom. The van der Waals surface area contributed by atoms with Crippen LogP contribution >= 0.6 is 0 Å². The number of nitrogens with one attached hydrogen (secondary N) is 1. The minimum Gasteiger partial charge on any atom is -0.466 e. The molecule has 0 bridgehead atoms. The predicted octanol–water partition coefficient (Wildman–Crippen LogP) is 24.7. The lowest BCUT2D eigenvalue weighted by atomic mass is 10.0. The lowest BCUT2D eigenvalue weighted by Gasteiger charge is -2.22. The molecule has 1 amide bonds. The average molecular weight is 1170 g/mol. The van der Waals surface area contributed by atoms with Crippen LogP contribution in [-0.4, -0.2) is 47.4 Å². The Balaban J connectivity index is 3.36. The van der Waals surface area contributed by atoms with Crippen molar-refractivity contribution in [2.75, 3.05) is 13.2 Å². The highest BCUT2D eigenvalue weighted by molar-refractivity contribution is 5.76. The normalized spacial score (nSPS) is 12.7. The van der Waals surface area contributed by atoms with Crippen molar-refractivity contribution in [3.05, 3.63) is 36.5 Å². The van der Waals surface area contributed by atoms with Gasteiger partial charge in [0.05, 0.1) is 25.4 Å². The van der Waals surface area contributed by atoms with Crippen LogP contribution in [0.15, 0.2) is 36.5 Å². The highest BCUT2D eigenvalue weighted by atomic mass is 16.5. The van der Waals surface area contributed by atoms with Crippen LogP contribution in [0.1, 0.15) is 418 Å². The van der Waals surface area contributed by atoms with Crippen LogP contribution in [0.3, 0.4) is 0 Å². The van der Waals surface area contributed by atoms with Gasteiger partial charge in [-0.15, -0.1) is 0 Å². The van der Waals surface area contributed by atoms with E-state index in [2.05, 4.69) is 55.6 Å². The van der Waals surface area contributed by atoms with Crippen LogP contribution < -0.4 is 5.32 Å². The monoisotopic (exact) mass is 1170 g/mol. The third-order valence-corrected chi connectivity index (χ3v) is 17.7. The fourth-order valence-electron chi connectivity index (χ4n) is 11.9. The quantitative estimate of drug-likeness (QED) is 0.0320. The molecule has 490 valence electrons. The van der Waals surface area contributed by atoms with E-state index < -0.39 is 12.1 Å². The summed E-state index contributed by atoms with van der Waals surface area (Å²) < 4.78 is 5.51. The summed E-state index contributed by atoms with van der Waals surface area (Å²) in [6.07, 6.45) is 93.6. The van der Waals surface area contributed by atoms with Gasteiger partial charge in [0, 0.05) is 12.8 Å². The maximum absolute atomic E-state index is 12.5. The van der Waals surface area contributed by atoms with E-state index in [0.29, 0.717) is 25.9 Å². The zero-order valence-electron chi connectivity index (χ0n) is 56.2. The number of allylic oxidation sites excluding steroid dienone is 6. The zero-order chi connectivity index (χ0) is 59.9. The van der Waals surface area contributed by atoms with Gasteiger partial charge in [0.1, 0.15) is 0 Å². The molecule has 0 heterocycles. The third-order valence-electron chi connectivity index (χ3n) is 17.7. The van der Waals surface area contributed by atoms with E-state index in [4.69, 9.17) is 4.74 Å². The van der Waals surface area contributed by atoms with Crippen molar-refractivity contribution in [2.24, 2.45) is 0 Å². The number of ether oxygens (including phenoxy) is 1. The summed E-state index contributed by atoms with van der Waals surface area (Å²) in [4.78, 5) is 24.6. The second kappa shape index (κ2) is 72.6. The molecule has 0 rings (SSSR count). The smallest absolute Gasteiger partial charge is 0.305 e. The molecule has 2 atom stereocenters. The minimum absolute atomic E-state index is 0.0144. The molecule has 0 spiro atoms. The summed E-state index contributed by atoms with van der Waals surface area (Å²) >= 11 is 0. The predicted molar refractivity (Wildman–Crippen MR) is 366 cm³/mol. The Kier molecular flexibility index (Phi) is 70.9. The number of aliphatic hydroxyl groups is 2. The number of esters is 1. The molecule has 6 nitrogen and oxygen atoms in total. The topological polar surface area (TPSA) is 95.9 Å². The van der Waals surface area contributed by atoms with Crippen molar-refractivity contribution >= 4 is 11.9 Å². The molecule has 6 heteroatoms. The van der Waals surface area contributed by atoms with Crippen LogP contribution in [0, 0.1) is 0 Å². The molecule has 0 fully saturated rings. The molecule has 0 aromatic carbocycles. The molecule has 3 N–H and O–H groups in total. The Bertz CT molecular complexity index is 1340. The maximum Gasteiger partial charge on any atom is 0.305 e.